The number of aromatic nitrogens is 1. The number of para-hydroxylation sites is 1. The Balaban J connectivity index is 1.26. The van der Waals surface area contributed by atoms with Crippen molar-refractivity contribution in [2.45, 2.75) is 48.7 Å². The lowest BCUT2D eigenvalue weighted by Crippen LogP contribution is -2.35. The molecular weight excluding hydrogens is 366 g/mol. The molecule has 5 nitrogen and oxygen atoms in total. The summed E-state index contributed by atoms with van der Waals surface area (Å²) in [5.74, 6) is -0.185. The number of hydrogen-bond acceptors (Lipinski definition) is 5. The fraction of sp³-hybridized carbons (Fsp3) is 0.421. The normalized spacial score (nSPS) is 18.6. The molecule has 2 heterocycles. The Morgan fingerprint density at radius 3 is 3.00 bits per heavy atom. The predicted octanol–water partition coefficient (Wildman–Crippen LogP) is 3.18. The molecule has 1 atom stereocenters. The van der Waals surface area contributed by atoms with Gasteiger partial charge in [0.1, 0.15) is 0 Å². The first-order valence-electron chi connectivity index (χ1n) is 9.00. The molecule has 2 N–H and O–H groups in total. The largest absolute Gasteiger partial charge is 0.356 e. The standard InChI is InChI=1S/C19H21N3O2S2/c23-17(11-16-19(24)22-13-6-2-3-7-14(13)25-16)20-10-9-18-21-12-5-1-4-8-15(12)26-18/h2-3,6-7,16H,1,4-5,8-11H2,(H,20,23)(H,22,24)/t16-/m1/s1. The van der Waals surface area contributed by atoms with E-state index in [1.165, 1.54) is 35.2 Å². The zero-order valence-electron chi connectivity index (χ0n) is 14.4. The van der Waals surface area contributed by atoms with Crippen molar-refractivity contribution in [2.75, 3.05) is 11.9 Å². The highest BCUT2D eigenvalue weighted by Gasteiger charge is 2.28. The molecule has 1 aliphatic heterocycles. The third-order valence-corrected chi connectivity index (χ3v) is 7.12. The smallest absolute Gasteiger partial charge is 0.238 e. The molecule has 0 unspecified atom stereocenters. The van der Waals surface area contributed by atoms with Crippen LogP contribution in [0.15, 0.2) is 29.2 Å². The van der Waals surface area contributed by atoms with E-state index in [0.29, 0.717) is 6.54 Å². The van der Waals surface area contributed by atoms with Crippen molar-refractivity contribution in [1.82, 2.24) is 10.3 Å². The van der Waals surface area contributed by atoms with Gasteiger partial charge >= 0.3 is 0 Å². The van der Waals surface area contributed by atoms with E-state index in [0.717, 1.165) is 34.9 Å². The molecule has 0 spiro atoms. The number of nitrogens with one attached hydrogen (secondary N) is 2. The highest BCUT2D eigenvalue weighted by Crippen LogP contribution is 2.36. The summed E-state index contributed by atoms with van der Waals surface area (Å²) in [5, 5.41) is 6.54. The van der Waals surface area contributed by atoms with Crippen LogP contribution in [0.1, 0.15) is 34.8 Å². The van der Waals surface area contributed by atoms with Gasteiger partial charge in [-0.2, -0.15) is 0 Å². The van der Waals surface area contributed by atoms with Crippen LogP contribution in [0.2, 0.25) is 0 Å². The van der Waals surface area contributed by atoms with Crippen LogP contribution in [0.25, 0.3) is 0 Å². The summed E-state index contributed by atoms with van der Waals surface area (Å²) < 4.78 is 0. The Kier molecular flexibility index (Phi) is 5.26. The number of thiazole rings is 1. The quantitative estimate of drug-likeness (QED) is 0.827. The molecule has 0 radical (unpaired) electrons. The number of rotatable bonds is 5. The van der Waals surface area contributed by atoms with Gasteiger partial charge in [0.25, 0.3) is 0 Å². The first-order chi connectivity index (χ1) is 12.7. The molecule has 0 saturated carbocycles. The van der Waals surface area contributed by atoms with Crippen molar-refractivity contribution in [3.8, 4) is 0 Å². The molecule has 136 valence electrons. The molecule has 2 aliphatic rings. The third kappa shape index (κ3) is 3.94. The molecule has 0 fully saturated rings. The van der Waals surface area contributed by atoms with Gasteiger partial charge in [-0.15, -0.1) is 23.1 Å². The highest BCUT2D eigenvalue weighted by atomic mass is 32.2. The van der Waals surface area contributed by atoms with E-state index in [1.54, 1.807) is 11.3 Å². The fourth-order valence-electron chi connectivity index (χ4n) is 3.29. The summed E-state index contributed by atoms with van der Waals surface area (Å²) in [6.07, 6.45) is 5.69. The van der Waals surface area contributed by atoms with Crippen LogP contribution >= 0.6 is 23.1 Å². The number of amides is 2. The van der Waals surface area contributed by atoms with E-state index < -0.39 is 0 Å². The Morgan fingerprint density at radius 1 is 1.27 bits per heavy atom. The SMILES string of the molecule is O=C(C[C@H]1Sc2ccccc2NC1=O)NCCc1nc2c(s1)CCCC2. The zero-order valence-corrected chi connectivity index (χ0v) is 16.0. The lowest BCUT2D eigenvalue weighted by molar-refractivity contribution is -0.124. The molecule has 1 aliphatic carbocycles. The minimum Gasteiger partial charge on any atom is -0.356 e. The summed E-state index contributed by atoms with van der Waals surface area (Å²) in [5.41, 5.74) is 2.09. The molecule has 0 bridgehead atoms. The molecule has 0 saturated heterocycles. The van der Waals surface area contributed by atoms with Crippen LogP contribution in [-0.4, -0.2) is 28.6 Å². The second kappa shape index (κ2) is 7.80. The molecule has 7 heteroatoms. The van der Waals surface area contributed by atoms with Crippen molar-refractivity contribution in [1.29, 1.82) is 0 Å². The van der Waals surface area contributed by atoms with Gasteiger partial charge in [-0.3, -0.25) is 9.59 Å². The van der Waals surface area contributed by atoms with Gasteiger partial charge in [0.05, 0.1) is 21.6 Å². The first kappa shape index (κ1) is 17.5. The summed E-state index contributed by atoms with van der Waals surface area (Å²) in [4.78, 5) is 31.5. The van der Waals surface area contributed by atoms with Crippen molar-refractivity contribution >= 4 is 40.6 Å². The summed E-state index contributed by atoms with van der Waals surface area (Å²) in [6, 6.07) is 7.68. The van der Waals surface area contributed by atoms with Gasteiger partial charge in [0.15, 0.2) is 0 Å². The van der Waals surface area contributed by atoms with Crippen LogP contribution in [-0.2, 0) is 28.9 Å². The summed E-state index contributed by atoms with van der Waals surface area (Å²) in [7, 11) is 0. The molecule has 2 amide bonds. The number of benzene rings is 1. The fourth-order valence-corrected chi connectivity index (χ4v) is 5.56. The number of carbonyl (C=O) groups excluding carboxylic acids is 2. The average Bonchev–Trinajstić information content (AvgIpc) is 3.05. The topological polar surface area (TPSA) is 71.1 Å². The molecule has 26 heavy (non-hydrogen) atoms. The van der Waals surface area contributed by atoms with Gasteiger partial charge in [0, 0.05) is 29.2 Å². The maximum absolute atomic E-state index is 12.2. The molecular formula is C19H21N3O2S2. The van der Waals surface area contributed by atoms with E-state index in [9.17, 15) is 9.59 Å². The van der Waals surface area contributed by atoms with Gasteiger partial charge in [0.2, 0.25) is 11.8 Å². The maximum Gasteiger partial charge on any atom is 0.238 e. The number of aryl methyl sites for hydroxylation is 2. The Labute approximate surface area is 161 Å². The second-order valence-corrected chi connectivity index (χ2v) is 8.99. The molecule has 1 aromatic heterocycles. The van der Waals surface area contributed by atoms with E-state index in [4.69, 9.17) is 4.98 Å². The average molecular weight is 388 g/mol. The maximum atomic E-state index is 12.2. The molecule has 2 aromatic rings. The minimum atomic E-state index is -0.378. The molecule has 1 aromatic carbocycles. The third-order valence-electron chi connectivity index (χ3n) is 4.63. The van der Waals surface area contributed by atoms with Crippen LogP contribution in [0, 0.1) is 0 Å². The number of hydrogen-bond donors (Lipinski definition) is 2. The van der Waals surface area contributed by atoms with Crippen LogP contribution in [0.5, 0.6) is 0 Å². The molecule has 4 rings (SSSR count). The van der Waals surface area contributed by atoms with E-state index in [1.807, 2.05) is 24.3 Å². The highest BCUT2D eigenvalue weighted by molar-refractivity contribution is 8.01. The van der Waals surface area contributed by atoms with Crippen LogP contribution < -0.4 is 10.6 Å². The number of fused-ring (bicyclic) bond motifs is 2. The Morgan fingerprint density at radius 2 is 2.12 bits per heavy atom. The van der Waals surface area contributed by atoms with Crippen molar-refractivity contribution in [3.63, 3.8) is 0 Å². The van der Waals surface area contributed by atoms with Gasteiger partial charge < -0.3 is 10.6 Å². The van der Waals surface area contributed by atoms with Crippen molar-refractivity contribution in [3.05, 3.63) is 39.8 Å². The van der Waals surface area contributed by atoms with Crippen LogP contribution in [0.4, 0.5) is 5.69 Å². The van der Waals surface area contributed by atoms with Crippen molar-refractivity contribution in [2.24, 2.45) is 0 Å². The Hall–Kier alpha value is -1.86. The number of thioether (sulfide) groups is 1. The minimum absolute atomic E-state index is 0.0849. The van der Waals surface area contributed by atoms with E-state index in [2.05, 4.69) is 10.6 Å². The van der Waals surface area contributed by atoms with Gasteiger partial charge in [-0.25, -0.2) is 4.98 Å². The summed E-state index contributed by atoms with van der Waals surface area (Å²) in [6.45, 7) is 0.570. The Bertz CT molecular complexity index is 810. The number of nitrogens with zero attached hydrogens (tertiary/aromatic N) is 1. The lowest BCUT2D eigenvalue weighted by Gasteiger charge is -2.23. The van der Waals surface area contributed by atoms with E-state index in [-0.39, 0.29) is 23.5 Å². The van der Waals surface area contributed by atoms with Crippen LogP contribution in [0.3, 0.4) is 0 Å². The first-order valence-corrected chi connectivity index (χ1v) is 10.7. The van der Waals surface area contributed by atoms with Gasteiger partial charge in [-0.05, 0) is 37.8 Å². The predicted molar refractivity (Wildman–Crippen MR) is 105 cm³/mol. The summed E-state index contributed by atoms with van der Waals surface area (Å²) >= 11 is 3.24. The zero-order chi connectivity index (χ0) is 17.9. The number of carbonyl (C=O) groups is 2. The van der Waals surface area contributed by atoms with Crippen molar-refractivity contribution < 1.29 is 9.59 Å². The lowest BCUT2D eigenvalue weighted by atomic mass is 10.0. The van der Waals surface area contributed by atoms with Gasteiger partial charge in [-0.1, -0.05) is 12.1 Å². The monoisotopic (exact) mass is 387 g/mol. The van der Waals surface area contributed by atoms with E-state index >= 15 is 0 Å². The number of anilines is 1. The second-order valence-electron chi connectivity index (χ2n) is 6.58.